The van der Waals surface area contributed by atoms with E-state index in [2.05, 4.69) is 41.3 Å². The van der Waals surface area contributed by atoms with Gasteiger partial charge in [0.1, 0.15) is 5.82 Å². The predicted octanol–water partition coefficient (Wildman–Crippen LogP) is 4.27. The Morgan fingerprint density at radius 1 is 0.976 bits per heavy atom. The van der Waals surface area contributed by atoms with Crippen LogP contribution >= 0.6 is 0 Å². The van der Waals surface area contributed by atoms with Crippen LogP contribution in [0.4, 0.5) is 16.3 Å². The summed E-state index contributed by atoms with van der Waals surface area (Å²) in [5.74, 6) is 0.517. The van der Waals surface area contributed by atoms with Crippen molar-refractivity contribution in [1.82, 2.24) is 29.9 Å². The van der Waals surface area contributed by atoms with Gasteiger partial charge >= 0.3 is 6.03 Å². The van der Waals surface area contributed by atoms with Crippen molar-refractivity contribution in [3.63, 3.8) is 0 Å². The van der Waals surface area contributed by atoms with Crippen LogP contribution in [0.1, 0.15) is 83.4 Å². The van der Waals surface area contributed by atoms with Crippen molar-refractivity contribution in [3.05, 3.63) is 70.7 Å². The standard InChI is InChI=1S/C30H40N8O3/c1-18(2)38-27-19(3)16-37(25-14-11-22(15-31-25)29(40)35(5)6)17-24(27)26(34-38)28(39)32-20(4)21-9-12-23(13-10-21)33-30(41)36(7)8/h9-15,18-20H,16-17H2,1-8H3,(H,32,39)(H,33,41)/t19-,20+/m0/s1. The van der Waals surface area contributed by atoms with Crippen molar-refractivity contribution in [1.29, 1.82) is 0 Å². The van der Waals surface area contributed by atoms with E-state index in [9.17, 15) is 14.4 Å². The quantitative estimate of drug-likeness (QED) is 0.446. The van der Waals surface area contributed by atoms with Crippen LogP contribution in [0.15, 0.2) is 42.6 Å². The predicted molar refractivity (Wildman–Crippen MR) is 159 cm³/mol. The SMILES string of the molecule is CC(C)n1nc(C(=O)N[C@H](C)c2ccc(NC(=O)N(C)C)cc2)c2c1[C@@H](C)CN(c1ccc(C(=O)N(C)C)cn1)C2. The summed E-state index contributed by atoms with van der Waals surface area (Å²) in [6.07, 6.45) is 1.60. The maximum atomic E-state index is 13.6. The van der Waals surface area contributed by atoms with Gasteiger partial charge in [-0.2, -0.15) is 5.10 Å². The zero-order valence-electron chi connectivity index (χ0n) is 25.1. The summed E-state index contributed by atoms with van der Waals surface area (Å²) < 4.78 is 1.96. The fourth-order valence-electron chi connectivity index (χ4n) is 4.98. The molecule has 1 aliphatic rings. The van der Waals surface area contributed by atoms with E-state index in [1.807, 2.05) is 41.9 Å². The smallest absolute Gasteiger partial charge is 0.321 e. The normalized spacial score (nSPS) is 15.2. The van der Waals surface area contributed by atoms with Crippen molar-refractivity contribution in [2.75, 3.05) is 45.0 Å². The monoisotopic (exact) mass is 560 g/mol. The molecule has 0 aliphatic carbocycles. The summed E-state index contributed by atoms with van der Waals surface area (Å²) in [5.41, 5.74) is 4.47. The molecule has 1 aliphatic heterocycles. The number of hydrogen-bond acceptors (Lipinski definition) is 6. The fourth-order valence-corrected chi connectivity index (χ4v) is 4.98. The van der Waals surface area contributed by atoms with Gasteiger partial charge in [-0.05, 0) is 50.6 Å². The van der Waals surface area contributed by atoms with Crippen molar-refractivity contribution >= 4 is 29.4 Å². The summed E-state index contributed by atoms with van der Waals surface area (Å²) in [5, 5.41) is 10.7. The molecule has 2 aromatic heterocycles. The molecule has 11 nitrogen and oxygen atoms in total. The third-order valence-electron chi connectivity index (χ3n) is 7.20. The van der Waals surface area contributed by atoms with Gasteiger partial charge in [0.2, 0.25) is 0 Å². The van der Waals surface area contributed by atoms with Crippen LogP contribution in [0.3, 0.4) is 0 Å². The minimum absolute atomic E-state index is 0.0936. The van der Waals surface area contributed by atoms with Gasteiger partial charge in [0.05, 0.1) is 11.6 Å². The highest BCUT2D eigenvalue weighted by Crippen LogP contribution is 2.34. The third-order valence-corrected chi connectivity index (χ3v) is 7.20. The molecule has 218 valence electrons. The number of fused-ring (bicyclic) bond motifs is 1. The highest BCUT2D eigenvalue weighted by atomic mass is 16.2. The van der Waals surface area contributed by atoms with Crippen LogP contribution < -0.4 is 15.5 Å². The van der Waals surface area contributed by atoms with E-state index < -0.39 is 0 Å². The fraction of sp³-hybridized carbons (Fsp3) is 0.433. The molecule has 2 atom stereocenters. The summed E-state index contributed by atoms with van der Waals surface area (Å²) in [6, 6.07) is 10.7. The number of urea groups is 1. The molecule has 4 amide bonds. The van der Waals surface area contributed by atoms with E-state index in [-0.39, 0.29) is 35.8 Å². The number of carbonyl (C=O) groups is 3. The Hall–Kier alpha value is -4.41. The Kier molecular flexibility index (Phi) is 8.65. The Labute approximate surface area is 241 Å². The summed E-state index contributed by atoms with van der Waals surface area (Å²) in [4.78, 5) is 47.6. The van der Waals surface area contributed by atoms with E-state index in [1.165, 1.54) is 9.80 Å². The van der Waals surface area contributed by atoms with Gasteiger partial charge in [0.25, 0.3) is 11.8 Å². The third kappa shape index (κ3) is 6.34. The molecule has 2 N–H and O–H groups in total. The lowest BCUT2D eigenvalue weighted by molar-refractivity contribution is 0.0826. The molecule has 0 bridgehead atoms. The Balaban J connectivity index is 1.56. The van der Waals surface area contributed by atoms with E-state index >= 15 is 0 Å². The number of pyridine rings is 1. The number of amides is 4. The number of nitrogens with zero attached hydrogens (tertiary/aromatic N) is 6. The minimum Gasteiger partial charge on any atom is -0.351 e. The molecule has 0 saturated carbocycles. The molecule has 0 fully saturated rings. The first-order valence-corrected chi connectivity index (χ1v) is 13.8. The van der Waals surface area contributed by atoms with Gasteiger partial charge in [-0.25, -0.2) is 9.78 Å². The number of aromatic nitrogens is 3. The molecule has 3 aromatic rings. The number of rotatable bonds is 7. The Morgan fingerprint density at radius 3 is 2.22 bits per heavy atom. The first-order valence-electron chi connectivity index (χ1n) is 13.8. The molecule has 0 unspecified atom stereocenters. The van der Waals surface area contributed by atoms with E-state index in [0.29, 0.717) is 30.0 Å². The second-order valence-electron chi connectivity index (χ2n) is 11.3. The first kappa shape index (κ1) is 29.6. The van der Waals surface area contributed by atoms with E-state index in [4.69, 9.17) is 5.10 Å². The van der Waals surface area contributed by atoms with Crippen LogP contribution in [0.25, 0.3) is 0 Å². The molecule has 11 heteroatoms. The van der Waals surface area contributed by atoms with Crippen LogP contribution in [0.2, 0.25) is 0 Å². The van der Waals surface area contributed by atoms with Gasteiger partial charge in [0.15, 0.2) is 5.69 Å². The number of benzene rings is 1. The second-order valence-corrected chi connectivity index (χ2v) is 11.3. The van der Waals surface area contributed by atoms with Crippen LogP contribution in [-0.4, -0.2) is 77.1 Å². The van der Waals surface area contributed by atoms with Crippen LogP contribution in [0.5, 0.6) is 0 Å². The van der Waals surface area contributed by atoms with Gasteiger partial charge in [-0.3, -0.25) is 14.3 Å². The van der Waals surface area contributed by atoms with Crippen molar-refractivity contribution < 1.29 is 14.4 Å². The molecule has 41 heavy (non-hydrogen) atoms. The Morgan fingerprint density at radius 2 is 1.66 bits per heavy atom. The average molecular weight is 561 g/mol. The molecule has 4 rings (SSSR count). The molecular formula is C30H40N8O3. The topological polar surface area (TPSA) is 116 Å². The zero-order valence-corrected chi connectivity index (χ0v) is 25.1. The van der Waals surface area contributed by atoms with Gasteiger partial charge < -0.3 is 25.3 Å². The van der Waals surface area contributed by atoms with Crippen molar-refractivity contribution in [2.24, 2.45) is 0 Å². The summed E-state index contributed by atoms with van der Waals surface area (Å²) in [6.45, 7) is 9.39. The highest BCUT2D eigenvalue weighted by Gasteiger charge is 2.34. The van der Waals surface area contributed by atoms with Gasteiger partial charge in [0, 0.05) is 76.4 Å². The number of carbonyl (C=O) groups excluding carboxylic acids is 3. The Bertz CT molecular complexity index is 1410. The average Bonchev–Trinajstić information content (AvgIpc) is 3.34. The van der Waals surface area contributed by atoms with Crippen molar-refractivity contribution in [3.8, 4) is 0 Å². The van der Waals surface area contributed by atoms with E-state index in [0.717, 1.165) is 22.6 Å². The van der Waals surface area contributed by atoms with Gasteiger partial charge in [-0.15, -0.1) is 0 Å². The van der Waals surface area contributed by atoms with Crippen molar-refractivity contribution in [2.45, 2.75) is 52.2 Å². The van der Waals surface area contributed by atoms with Crippen LogP contribution in [-0.2, 0) is 6.54 Å². The number of anilines is 2. The highest BCUT2D eigenvalue weighted by molar-refractivity contribution is 5.95. The zero-order chi connectivity index (χ0) is 30.0. The first-order chi connectivity index (χ1) is 19.4. The molecule has 0 radical (unpaired) electrons. The largest absolute Gasteiger partial charge is 0.351 e. The number of nitrogens with one attached hydrogen (secondary N) is 2. The summed E-state index contributed by atoms with van der Waals surface area (Å²) >= 11 is 0. The second kappa shape index (κ2) is 12.0. The lowest BCUT2D eigenvalue weighted by atomic mass is 9.95. The lowest BCUT2D eigenvalue weighted by Gasteiger charge is -2.33. The van der Waals surface area contributed by atoms with Crippen LogP contribution in [0, 0.1) is 0 Å². The lowest BCUT2D eigenvalue weighted by Crippen LogP contribution is -2.35. The molecule has 0 saturated heterocycles. The molecular weight excluding hydrogens is 520 g/mol. The molecule has 0 spiro atoms. The maximum Gasteiger partial charge on any atom is 0.321 e. The van der Waals surface area contributed by atoms with Gasteiger partial charge in [-0.1, -0.05) is 19.1 Å². The minimum atomic E-state index is -0.276. The summed E-state index contributed by atoms with van der Waals surface area (Å²) in [7, 11) is 6.79. The van der Waals surface area contributed by atoms with E-state index in [1.54, 1.807) is 40.5 Å². The number of hydrogen-bond donors (Lipinski definition) is 2. The maximum absolute atomic E-state index is 13.6. The molecule has 1 aromatic carbocycles. The molecule has 3 heterocycles.